The van der Waals surface area contributed by atoms with Gasteiger partial charge in [-0.2, -0.15) is 5.26 Å². The van der Waals surface area contributed by atoms with E-state index in [1.165, 1.54) is 30.2 Å². The lowest BCUT2D eigenvalue weighted by molar-refractivity contribution is -0.141. The molecule has 0 saturated carbocycles. The second-order valence-corrected chi connectivity index (χ2v) is 4.15. The fourth-order valence-corrected chi connectivity index (χ4v) is 1.65. The minimum absolute atomic E-state index is 0.167. The number of benzene rings is 1. The van der Waals surface area contributed by atoms with Gasteiger partial charge in [0, 0.05) is 25.8 Å². The standard InChI is InChI=1S/C14H17FN2O2/c1-4-17(14(18)10(2)19-3)9-12-6-5-11(8-16)7-13(12)15/h5-7,10H,4,9H2,1-3H3. The van der Waals surface area contributed by atoms with Crippen molar-refractivity contribution in [2.24, 2.45) is 0 Å². The van der Waals surface area contributed by atoms with Crippen molar-refractivity contribution in [1.82, 2.24) is 4.90 Å². The van der Waals surface area contributed by atoms with Crippen LogP contribution in [0.25, 0.3) is 0 Å². The van der Waals surface area contributed by atoms with Crippen molar-refractivity contribution in [3.8, 4) is 6.07 Å². The van der Waals surface area contributed by atoms with E-state index >= 15 is 0 Å². The lowest BCUT2D eigenvalue weighted by Crippen LogP contribution is -2.38. The molecule has 0 heterocycles. The van der Waals surface area contributed by atoms with E-state index < -0.39 is 11.9 Å². The van der Waals surface area contributed by atoms with Crippen LogP contribution in [0.15, 0.2) is 18.2 Å². The molecule has 1 aromatic carbocycles. The van der Waals surface area contributed by atoms with Gasteiger partial charge in [0.2, 0.25) is 0 Å². The van der Waals surface area contributed by atoms with E-state index in [9.17, 15) is 9.18 Å². The number of likely N-dealkylation sites (N-methyl/N-ethyl adjacent to an activating group) is 1. The molecular formula is C14H17FN2O2. The summed E-state index contributed by atoms with van der Waals surface area (Å²) in [5, 5.41) is 8.68. The number of ether oxygens (including phenoxy) is 1. The Morgan fingerprint density at radius 2 is 2.26 bits per heavy atom. The van der Waals surface area contributed by atoms with Gasteiger partial charge in [-0.25, -0.2) is 4.39 Å². The maximum Gasteiger partial charge on any atom is 0.251 e. The Kier molecular flexibility index (Phi) is 5.46. The molecule has 102 valence electrons. The first kappa shape index (κ1) is 15.1. The normalized spacial score (nSPS) is 11.7. The van der Waals surface area contributed by atoms with Crippen LogP contribution in [0.4, 0.5) is 4.39 Å². The first-order valence-corrected chi connectivity index (χ1v) is 6.03. The second kappa shape index (κ2) is 6.86. The molecule has 5 heteroatoms. The van der Waals surface area contributed by atoms with Crippen molar-refractivity contribution in [3.05, 3.63) is 35.1 Å². The summed E-state index contributed by atoms with van der Waals surface area (Å²) >= 11 is 0. The summed E-state index contributed by atoms with van der Waals surface area (Å²) in [7, 11) is 1.46. The summed E-state index contributed by atoms with van der Waals surface area (Å²) in [6, 6.07) is 6.11. The van der Waals surface area contributed by atoms with Gasteiger partial charge in [0.15, 0.2) is 0 Å². The van der Waals surface area contributed by atoms with E-state index in [0.717, 1.165) is 0 Å². The van der Waals surface area contributed by atoms with Crippen LogP contribution >= 0.6 is 0 Å². The Bertz CT molecular complexity index is 497. The van der Waals surface area contributed by atoms with E-state index in [4.69, 9.17) is 10.00 Å². The van der Waals surface area contributed by atoms with Gasteiger partial charge in [-0.1, -0.05) is 6.07 Å². The highest BCUT2D eigenvalue weighted by atomic mass is 19.1. The molecule has 0 radical (unpaired) electrons. The largest absolute Gasteiger partial charge is 0.372 e. The molecule has 1 aromatic rings. The average Bonchev–Trinajstić information content (AvgIpc) is 2.44. The van der Waals surface area contributed by atoms with Crippen molar-refractivity contribution in [2.75, 3.05) is 13.7 Å². The van der Waals surface area contributed by atoms with Crippen LogP contribution in [0, 0.1) is 17.1 Å². The zero-order valence-electron chi connectivity index (χ0n) is 11.3. The Morgan fingerprint density at radius 3 is 2.74 bits per heavy atom. The zero-order chi connectivity index (χ0) is 14.4. The molecule has 4 nitrogen and oxygen atoms in total. The number of carbonyl (C=O) groups excluding carboxylic acids is 1. The lowest BCUT2D eigenvalue weighted by atomic mass is 10.1. The van der Waals surface area contributed by atoms with E-state index in [-0.39, 0.29) is 18.0 Å². The van der Waals surface area contributed by atoms with Gasteiger partial charge in [0.1, 0.15) is 11.9 Å². The summed E-state index contributed by atoms with van der Waals surface area (Å²) in [5.74, 6) is -0.663. The number of methoxy groups -OCH3 is 1. The second-order valence-electron chi connectivity index (χ2n) is 4.15. The van der Waals surface area contributed by atoms with Crippen LogP contribution in [0.3, 0.4) is 0 Å². The van der Waals surface area contributed by atoms with Crippen LogP contribution in [-0.4, -0.2) is 30.6 Å². The van der Waals surface area contributed by atoms with E-state index in [0.29, 0.717) is 12.1 Å². The molecular weight excluding hydrogens is 247 g/mol. The molecule has 0 aliphatic rings. The van der Waals surface area contributed by atoms with Gasteiger partial charge in [0.25, 0.3) is 5.91 Å². The first-order valence-electron chi connectivity index (χ1n) is 6.03. The number of hydrogen-bond donors (Lipinski definition) is 0. The number of nitrogens with zero attached hydrogens (tertiary/aromatic N) is 2. The number of rotatable bonds is 5. The average molecular weight is 264 g/mol. The van der Waals surface area contributed by atoms with Gasteiger partial charge < -0.3 is 9.64 Å². The van der Waals surface area contributed by atoms with Crippen LogP contribution in [0.2, 0.25) is 0 Å². The lowest BCUT2D eigenvalue weighted by Gasteiger charge is -2.24. The Balaban J connectivity index is 2.88. The Labute approximate surface area is 112 Å². The molecule has 0 fully saturated rings. The smallest absolute Gasteiger partial charge is 0.251 e. The van der Waals surface area contributed by atoms with Crippen molar-refractivity contribution < 1.29 is 13.9 Å². The molecule has 19 heavy (non-hydrogen) atoms. The van der Waals surface area contributed by atoms with Gasteiger partial charge in [-0.3, -0.25) is 4.79 Å². The van der Waals surface area contributed by atoms with Gasteiger partial charge in [-0.15, -0.1) is 0 Å². The summed E-state index contributed by atoms with van der Waals surface area (Å²) in [4.78, 5) is 13.5. The number of hydrogen-bond acceptors (Lipinski definition) is 3. The molecule has 1 atom stereocenters. The Morgan fingerprint density at radius 1 is 1.58 bits per heavy atom. The summed E-state index contributed by atoms with van der Waals surface area (Å²) in [6.07, 6.45) is -0.554. The highest BCUT2D eigenvalue weighted by Gasteiger charge is 2.20. The number of carbonyl (C=O) groups is 1. The molecule has 0 aromatic heterocycles. The molecule has 1 amide bonds. The summed E-state index contributed by atoms with van der Waals surface area (Å²) < 4.78 is 18.7. The maximum absolute atomic E-state index is 13.8. The number of nitriles is 1. The fraction of sp³-hybridized carbons (Fsp3) is 0.429. The van der Waals surface area contributed by atoms with Crippen molar-refractivity contribution in [1.29, 1.82) is 5.26 Å². The van der Waals surface area contributed by atoms with E-state index in [1.54, 1.807) is 6.92 Å². The molecule has 1 rings (SSSR count). The molecule has 0 aliphatic carbocycles. The van der Waals surface area contributed by atoms with Crippen molar-refractivity contribution >= 4 is 5.91 Å². The SMILES string of the molecule is CCN(Cc1ccc(C#N)cc1F)C(=O)C(C)OC. The van der Waals surface area contributed by atoms with E-state index in [2.05, 4.69) is 0 Å². The Hall–Kier alpha value is -1.93. The predicted molar refractivity (Wildman–Crippen MR) is 68.7 cm³/mol. The third kappa shape index (κ3) is 3.76. The van der Waals surface area contributed by atoms with Crippen LogP contribution in [0.1, 0.15) is 25.0 Å². The van der Waals surface area contributed by atoms with Crippen LogP contribution in [0.5, 0.6) is 0 Å². The molecule has 1 unspecified atom stereocenters. The number of amides is 1. The molecule has 0 N–H and O–H groups in total. The number of halogens is 1. The monoisotopic (exact) mass is 264 g/mol. The van der Waals surface area contributed by atoms with Crippen molar-refractivity contribution in [2.45, 2.75) is 26.5 Å². The van der Waals surface area contributed by atoms with E-state index in [1.807, 2.05) is 13.0 Å². The third-order valence-electron chi connectivity index (χ3n) is 2.94. The highest BCUT2D eigenvalue weighted by Crippen LogP contribution is 2.13. The fourth-order valence-electron chi connectivity index (χ4n) is 1.65. The topological polar surface area (TPSA) is 53.3 Å². The minimum atomic E-state index is -0.554. The quantitative estimate of drug-likeness (QED) is 0.818. The van der Waals surface area contributed by atoms with Crippen molar-refractivity contribution in [3.63, 3.8) is 0 Å². The minimum Gasteiger partial charge on any atom is -0.372 e. The first-order chi connectivity index (χ1) is 9.03. The van der Waals surface area contributed by atoms with Gasteiger partial charge in [-0.05, 0) is 26.0 Å². The summed E-state index contributed by atoms with van der Waals surface area (Å²) in [5.41, 5.74) is 0.651. The molecule has 0 bridgehead atoms. The predicted octanol–water partition coefficient (Wildman–Crippen LogP) is 2.08. The zero-order valence-corrected chi connectivity index (χ0v) is 11.3. The maximum atomic E-state index is 13.8. The molecule has 0 saturated heterocycles. The summed E-state index contributed by atoms with van der Waals surface area (Å²) in [6.45, 7) is 4.11. The molecule has 0 spiro atoms. The third-order valence-corrected chi connectivity index (χ3v) is 2.94. The van der Waals surface area contributed by atoms with Gasteiger partial charge in [0.05, 0.1) is 11.6 Å². The highest BCUT2D eigenvalue weighted by molar-refractivity contribution is 5.80. The van der Waals surface area contributed by atoms with Gasteiger partial charge >= 0.3 is 0 Å². The molecule has 0 aliphatic heterocycles. The van der Waals surface area contributed by atoms with Crippen LogP contribution in [-0.2, 0) is 16.1 Å². The van der Waals surface area contributed by atoms with Crippen LogP contribution < -0.4 is 0 Å².